The van der Waals surface area contributed by atoms with E-state index in [0.29, 0.717) is 5.69 Å². The van der Waals surface area contributed by atoms with E-state index in [-0.39, 0.29) is 12.1 Å². The molecular weight excluding hydrogens is 326 g/mol. The third-order valence-electron chi connectivity index (χ3n) is 3.87. The van der Waals surface area contributed by atoms with Gasteiger partial charge in [-0.05, 0) is 37.1 Å². The van der Waals surface area contributed by atoms with Gasteiger partial charge in [0, 0.05) is 11.7 Å². The maximum absolute atomic E-state index is 12.4. The largest absolute Gasteiger partial charge is 0.341 e. The van der Waals surface area contributed by atoms with E-state index in [1.165, 1.54) is 25.0 Å². The van der Waals surface area contributed by atoms with Gasteiger partial charge in [0.15, 0.2) is 0 Å². The molecular formula is C15H20F2N2O3S. The molecule has 0 atom stereocenters. The summed E-state index contributed by atoms with van der Waals surface area (Å²) in [5.74, 6) is -3.46. The predicted octanol–water partition coefficient (Wildman–Crippen LogP) is 3.53. The van der Waals surface area contributed by atoms with Crippen LogP contribution in [0.3, 0.4) is 0 Å². The zero-order chi connectivity index (χ0) is 16.9. The topological polar surface area (TPSA) is 75.3 Å². The molecule has 1 aliphatic rings. The zero-order valence-corrected chi connectivity index (χ0v) is 13.4. The molecule has 2 amide bonds. The molecule has 1 fully saturated rings. The molecule has 1 aromatic rings. The third-order valence-corrected chi connectivity index (χ3v) is 5.26. The van der Waals surface area contributed by atoms with E-state index < -0.39 is 20.5 Å². The molecule has 0 unspecified atom stereocenters. The molecule has 0 heterocycles. The molecule has 0 radical (unpaired) electrons. The molecule has 128 valence electrons. The second-order valence-corrected chi connectivity index (χ2v) is 7.53. The number of benzene rings is 1. The minimum Gasteiger partial charge on any atom is -0.335 e. The Morgan fingerprint density at radius 1 is 1.04 bits per heavy atom. The summed E-state index contributed by atoms with van der Waals surface area (Å²) in [6.45, 7) is 0. The van der Waals surface area contributed by atoms with Crippen molar-refractivity contribution in [2.24, 2.45) is 0 Å². The van der Waals surface area contributed by atoms with E-state index in [4.69, 9.17) is 0 Å². The van der Waals surface area contributed by atoms with Gasteiger partial charge in [-0.1, -0.05) is 25.7 Å². The number of hydrogen-bond acceptors (Lipinski definition) is 3. The first kappa shape index (κ1) is 17.7. The second-order valence-electron chi connectivity index (χ2n) is 5.62. The number of anilines is 1. The molecule has 23 heavy (non-hydrogen) atoms. The van der Waals surface area contributed by atoms with Crippen LogP contribution < -0.4 is 10.6 Å². The summed E-state index contributed by atoms with van der Waals surface area (Å²) < 4.78 is 47.5. The van der Waals surface area contributed by atoms with Gasteiger partial charge in [-0.15, -0.1) is 0 Å². The lowest BCUT2D eigenvalue weighted by atomic mass is 10.1. The molecule has 2 rings (SSSR count). The first-order valence-electron chi connectivity index (χ1n) is 7.59. The van der Waals surface area contributed by atoms with Crippen LogP contribution in [-0.2, 0) is 9.84 Å². The van der Waals surface area contributed by atoms with Crippen LogP contribution in [0, 0.1) is 0 Å². The predicted molar refractivity (Wildman–Crippen MR) is 83.3 cm³/mol. The van der Waals surface area contributed by atoms with Crippen LogP contribution in [0.5, 0.6) is 0 Å². The summed E-state index contributed by atoms with van der Waals surface area (Å²) in [5.41, 5.74) is 0.351. The maximum atomic E-state index is 12.4. The average molecular weight is 346 g/mol. The Morgan fingerprint density at radius 3 is 2.13 bits per heavy atom. The number of sulfone groups is 1. The number of rotatable bonds is 4. The van der Waals surface area contributed by atoms with E-state index >= 15 is 0 Å². The molecule has 2 N–H and O–H groups in total. The minimum atomic E-state index is -4.61. The average Bonchev–Trinajstić information content (AvgIpc) is 2.76. The fraction of sp³-hybridized carbons (Fsp3) is 0.533. The van der Waals surface area contributed by atoms with Crippen LogP contribution in [0.1, 0.15) is 38.5 Å². The lowest BCUT2D eigenvalue weighted by Crippen LogP contribution is -2.37. The Labute approximate surface area is 134 Å². The van der Waals surface area contributed by atoms with Crippen molar-refractivity contribution in [3.05, 3.63) is 24.3 Å². The zero-order valence-electron chi connectivity index (χ0n) is 12.6. The standard InChI is InChI=1S/C15H20F2N2O3S/c16-14(17)23(21,22)13-9-7-12(8-10-13)19-15(20)18-11-5-3-1-2-4-6-11/h7-11,14H,1-6H2,(H2,18,19,20). The first-order chi connectivity index (χ1) is 10.9. The quantitative estimate of drug-likeness (QED) is 0.819. The molecule has 8 heteroatoms. The van der Waals surface area contributed by atoms with Crippen molar-refractivity contribution in [1.82, 2.24) is 5.32 Å². The lowest BCUT2D eigenvalue weighted by Gasteiger charge is -2.16. The van der Waals surface area contributed by atoms with Gasteiger partial charge in [-0.3, -0.25) is 0 Å². The fourth-order valence-electron chi connectivity index (χ4n) is 2.61. The molecule has 0 aromatic heterocycles. The van der Waals surface area contributed by atoms with Gasteiger partial charge in [-0.2, -0.15) is 8.78 Å². The monoisotopic (exact) mass is 346 g/mol. The van der Waals surface area contributed by atoms with Gasteiger partial charge in [-0.25, -0.2) is 13.2 Å². The van der Waals surface area contributed by atoms with Crippen molar-refractivity contribution in [3.8, 4) is 0 Å². The molecule has 0 aliphatic heterocycles. The Hall–Kier alpha value is -1.70. The van der Waals surface area contributed by atoms with Crippen molar-refractivity contribution in [3.63, 3.8) is 0 Å². The number of urea groups is 1. The van der Waals surface area contributed by atoms with Gasteiger partial charge >= 0.3 is 11.8 Å². The van der Waals surface area contributed by atoms with Crippen molar-refractivity contribution < 1.29 is 22.0 Å². The van der Waals surface area contributed by atoms with E-state index in [1.54, 1.807) is 0 Å². The maximum Gasteiger partial charge on any atom is 0.341 e. The molecule has 0 saturated heterocycles. The normalized spacial score (nSPS) is 16.8. The second kappa shape index (κ2) is 7.72. The van der Waals surface area contributed by atoms with Crippen LogP contribution in [0.2, 0.25) is 0 Å². The summed E-state index contributed by atoms with van der Waals surface area (Å²) in [7, 11) is -4.61. The lowest BCUT2D eigenvalue weighted by molar-refractivity contribution is 0.234. The minimum absolute atomic E-state index is 0.135. The summed E-state index contributed by atoms with van der Waals surface area (Å²) >= 11 is 0. The van der Waals surface area contributed by atoms with E-state index in [2.05, 4.69) is 10.6 Å². The van der Waals surface area contributed by atoms with Crippen LogP contribution in [0.15, 0.2) is 29.2 Å². The number of carbonyl (C=O) groups excluding carboxylic acids is 1. The molecule has 5 nitrogen and oxygen atoms in total. The van der Waals surface area contributed by atoms with E-state index in [1.807, 2.05) is 0 Å². The number of alkyl halides is 2. The Kier molecular flexibility index (Phi) is 5.92. The number of halogens is 2. The smallest absolute Gasteiger partial charge is 0.335 e. The van der Waals surface area contributed by atoms with Crippen LogP contribution in [0.25, 0.3) is 0 Å². The highest BCUT2D eigenvalue weighted by molar-refractivity contribution is 7.91. The Balaban J connectivity index is 1.94. The molecule has 1 aliphatic carbocycles. The van der Waals surface area contributed by atoms with E-state index in [9.17, 15) is 22.0 Å². The molecule has 0 spiro atoms. The van der Waals surface area contributed by atoms with Crippen molar-refractivity contribution in [1.29, 1.82) is 0 Å². The highest BCUT2D eigenvalue weighted by atomic mass is 32.2. The number of hydrogen-bond donors (Lipinski definition) is 2. The van der Waals surface area contributed by atoms with Crippen molar-refractivity contribution >= 4 is 21.6 Å². The summed E-state index contributed by atoms with van der Waals surface area (Å²) in [6.07, 6.45) is 6.42. The van der Waals surface area contributed by atoms with Crippen molar-refractivity contribution in [2.45, 2.75) is 55.2 Å². The number of nitrogens with one attached hydrogen (secondary N) is 2. The highest BCUT2D eigenvalue weighted by Gasteiger charge is 2.26. The Morgan fingerprint density at radius 2 is 1.61 bits per heavy atom. The van der Waals surface area contributed by atoms with Crippen molar-refractivity contribution in [2.75, 3.05) is 5.32 Å². The van der Waals surface area contributed by atoms with Crippen LogP contribution in [0.4, 0.5) is 19.3 Å². The van der Waals surface area contributed by atoms with Gasteiger partial charge in [0.05, 0.1) is 4.90 Å². The molecule has 1 aromatic carbocycles. The highest BCUT2D eigenvalue weighted by Crippen LogP contribution is 2.21. The summed E-state index contributed by atoms with van der Waals surface area (Å²) in [6, 6.07) is 4.47. The first-order valence-corrected chi connectivity index (χ1v) is 9.14. The SMILES string of the molecule is O=C(Nc1ccc(S(=O)(=O)C(F)F)cc1)NC1CCCCCC1. The Bertz CT molecular complexity index is 625. The fourth-order valence-corrected chi connectivity index (χ4v) is 3.33. The van der Waals surface area contributed by atoms with E-state index in [0.717, 1.165) is 37.8 Å². The number of carbonyl (C=O) groups is 1. The molecule has 1 saturated carbocycles. The van der Waals surface area contributed by atoms with Crippen LogP contribution in [-0.4, -0.2) is 26.2 Å². The molecule has 0 bridgehead atoms. The van der Waals surface area contributed by atoms with Gasteiger partial charge in [0.2, 0.25) is 9.84 Å². The third kappa shape index (κ3) is 4.89. The number of amides is 2. The summed E-state index contributed by atoms with van der Waals surface area (Å²) in [5, 5.41) is 5.47. The summed E-state index contributed by atoms with van der Waals surface area (Å²) in [4.78, 5) is 11.5. The van der Waals surface area contributed by atoms with Crippen LogP contribution >= 0.6 is 0 Å². The van der Waals surface area contributed by atoms with Gasteiger partial charge in [0.1, 0.15) is 0 Å². The van der Waals surface area contributed by atoms with Gasteiger partial charge < -0.3 is 10.6 Å². The van der Waals surface area contributed by atoms with Gasteiger partial charge in [0.25, 0.3) is 0 Å².